The minimum atomic E-state index is -1.37. The molecule has 53 heavy (non-hydrogen) atoms. The van der Waals surface area contributed by atoms with E-state index in [1.165, 1.54) is 0 Å². The number of carbonyl (C=O) groups excluding carboxylic acids is 1. The Balaban J connectivity index is 1.31. The van der Waals surface area contributed by atoms with Gasteiger partial charge in [-0.3, -0.25) is 9.59 Å². The standard InChI is InChI=1S/C42H70O11/c1-11-29(38(46)47)31-15-14-23(4)36(50-31)27(8)34(44)26(7)35(45)30(12-2)37-24(5)22-25(6)41(51-37)19-16-32(43)42(53-41)21-20-39(10,52-42)33-17-18-40(48,13-3)28(9)49-33/h16,19,23-34,36-37,43-44,48H,11-15,17-18,20-22H2,1-10H3,(H,46,47)/t23-,24-,25+,26-,27-,28-,29?,30-,31+,32+,33+,34+,36+,37-,39-,40+,41-,42-/m0/s1. The van der Waals surface area contributed by atoms with Gasteiger partial charge in [0.05, 0.1) is 53.7 Å². The number of hydrogen-bond acceptors (Lipinski definition) is 10. The molecule has 2 spiro atoms. The Morgan fingerprint density at radius 1 is 0.887 bits per heavy atom. The molecule has 304 valence electrons. The summed E-state index contributed by atoms with van der Waals surface area (Å²) in [5.74, 6) is -5.78. The van der Waals surface area contributed by atoms with Gasteiger partial charge in [0, 0.05) is 30.1 Å². The lowest BCUT2D eigenvalue weighted by Crippen LogP contribution is -2.63. The largest absolute Gasteiger partial charge is 0.481 e. The van der Waals surface area contributed by atoms with Gasteiger partial charge in [-0.1, -0.05) is 55.4 Å². The van der Waals surface area contributed by atoms with E-state index < -0.39 is 76.8 Å². The molecule has 5 aliphatic rings. The van der Waals surface area contributed by atoms with Crippen LogP contribution in [0.5, 0.6) is 0 Å². The molecule has 0 aromatic rings. The first-order chi connectivity index (χ1) is 24.8. The highest BCUT2D eigenvalue weighted by Crippen LogP contribution is 2.54. The summed E-state index contributed by atoms with van der Waals surface area (Å²) in [7, 11) is 0. The van der Waals surface area contributed by atoms with Gasteiger partial charge < -0.3 is 44.1 Å². The van der Waals surface area contributed by atoms with E-state index in [2.05, 4.69) is 20.8 Å². The zero-order chi connectivity index (χ0) is 39.3. The quantitative estimate of drug-likeness (QED) is 0.169. The van der Waals surface area contributed by atoms with Crippen molar-refractivity contribution in [3.63, 3.8) is 0 Å². The van der Waals surface area contributed by atoms with E-state index in [0.29, 0.717) is 57.8 Å². The normalized spacial score (nSPS) is 46.2. The van der Waals surface area contributed by atoms with Crippen molar-refractivity contribution in [3.05, 3.63) is 12.2 Å². The molecule has 4 saturated heterocycles. The summed E-state index contributed by atoms with van der Waals surface area (Å²) in [5, 5.41) is 44.0. The fourth-order valence-corrected chi connectivity index (χ4v) is 10.5. The summed E-state index contributed by atoms with van der Waals surface area (Å²) in [6, 6.07) is 0. The number of aliphatic hydroxyl groups is 3. The molecule has 0 saturated carbocycles. The lowest BCUT2D eigenvalue weighted by molar-refractivity contribution is -0.409. The number of aliphatic hydroxyl groups excluding tert-OH is 2. The summed E-state index contributed by atoms with van der Waals surface area (Å²) >= 11 is 0. The third-order valence-corrected chi connectivity index (χ3v) is 14.4. The van der Waals surface area contributed by atoms with Crippen molar-refractivity contribution in [2.75, 3.05) is 0 Å². The second-order valence-electron chi connectivity index (χ2n) is 17.9. The molecular formula is C42H70O11. The first kappa shape index (κ1) is 42.7. The van der Waals surface area contributed by atoms with E-state index in [1.807, 2.05) is 41.5 Å². The van der Waals surface area contributed by atoms with Gasteiger partial charge in [0.2, 0.25) is 5.79 Å². The van der Waals surface area contributed by atoms with Crippen LogP contribution >= 0.6 is 0 Å². The van der Waals surface area contributed by atoms with Gasteiger partial charge in [0.25, 0.3) is 0 Å². The van der Waals surface area contributed by atoms with Crippen LogP contribution in [0.2, 0.25) is 0 Å². The van der Waals surface area contributed by atoms with E-state index in [-0.39, 0.29) is 41.8 Å². The van der Waals surface area contributed by atoms with E-state index in [9.17, 15) is 30.0 Å². The Labute approximate surface area is 317 Å². The van der Waals surface area contributed by atoms with Crippen LogP contribution in [0.15, 0.2) is 12.2 Å². The summed E-state index contributed by atoms with van der Waals surface area (Å²) in [4.78, 5) is 26.4. The lowest BCUT2D eigenvalue weighted by Gasteiger charge is -2.54. The minimum absolute atomic E-state index is 0.0137. The Bertz CT molecular complexity index is 1320. The van der Waals surface area contributed by atoms with Crippen molar-refractivity contribution < 1.29 is 53.7 Å². The van der Waals surface area contributed by atoms with Gasteiger partial charge in [-0.2, -0.15) is 0 Å². The van der Waals surface area contributed by atoms with Crippen molar-refractivity contribution in [1.82, 2.24) is 0 Å². The van der Waals surface area contributed by atoms with E-state index >= 15 is 0 Å². The zero-order valence-electron chi connectivity index (χ0n) is 34.0. The summed E-state index contributed by atoms with van der Waals surface area (Å²) in [5.41, 5.74) is -1.63. The molecule has 4 N–H and O–H groups in total. The summed E-state index contributed by atoms with van der Waals surface area (Å²) < 4.78 is 33.5. The third-order valence-electron chi connectivity index (χ3n) is 14.4. The number of rotatable bonds is 12. The van der Waals surface area contributed by atoms with Crippen LogP contribution in [0.1, 0.15) is 133 Å². The van der Waals surface area contributed by atoms with Crippen LogP contribution in [0.3, 0.4) is 0 Å². The van der Waals surface area contributed by atoms with E-state index in [4.69, 9.17) is 23.7 Å². The average molecular weight is 751 g/mol. The van der Waals surface area contributed by atoms with Crippen molar-refractivity contribution >= 4 is 11.8 Å². The van der Waals surface area contributed by atoms with Gasteiger partial charge in [-0.25, -0.2) is 0 Å². The van der Waals surface area contributed by atoms with E-state index in [1.54, 1.807) is 19.1 Å². The first-order valence-corrected chi connectivity index (χ1v) is 20.7. The summed E-state index contributed by atoms with van der Waals surface area (Å²) in [6.45, 7) is 19.6. The highest BCUT2D eigenvalue weighted by molar-refractivity contribution is 5.84. The van der Waals surface area contributed by atoms with Crippen LogP contribution in [0, 0.1) is 41.4 Å². The molecule has 18 atom stereocenters. The van der Waals surface area contributed by atoms with Crippen molar-refractivity contribution in [2.24, 2.45) is 41.4 Å². The molecule has 11 heteroatoms. The predicted octanol–water partition coefficient (Wildman–Crippen LogP) is 6.19. The number of Topliss-reactive ketones (excluding diaryl/α,β-unsaturated/α-hetero) is 1. The van der Waals surface area contributed by atoms with Crippen molar-refractivity contribution in [3.8, 4) is 0 Å². The van der Waals surface area contributed by atoms with Crippen LogP contribution in [0.4, 0.5) is 0 Å². The molecule has 4 fully saturated rings. The van der Waals surface area contributed by atoms with Gasteiger partial charge in [0.1, 0.15) is 11.9 Å². The van der Waals surface area contributed by atoms with Gasteiger partial charge >= 0.3 is 5.97 Å². The second-order valence-corrected chi connectivity index (χ2v) is 17.9. The number of aliphatic carboxylic acids is 1. The van der Waals surface area contributed by atoms with Gasteiger partial charge in [-0.05, 0) is 95.6 Å². The Hall–Kier alpha value is -1.44. The number of ketones is 1. The van der Waals surface area contributed by atoms with Crippen LogP contribution in [-0.4, -0.2) is 97.7 Å². The molecule has 0 bridgehead atoms. The van der Waals surface area contributed by atoms with Gasteiger partial charge in [-0.15, -0.1) is 0 Å². The molecule has 0 aliphatic carbocycles. The minimum Gasteiger partial charge on any atom is -0.481 e. The zero-order valence-corrected chi connectivity index (χ0v) is 34.0. The van der Waals surface area contributed by atoms with Crippen LogP contribution in [-0.2, 0) is 33.3 Å². The monoisotopic (exact) mass is 750 g/mol. The maximum atomic E-state index is 14.4. The van der Waals surface area contributed by atoms with Crippen molar-refractivity contribution in [1.29, 1.82) is 0 Å². The average Bonchev–Trinajstić information content (AvgIpc) is 3.47. The maximum Gasteiger partial charge on any atom is 0.309 e. The highest BCUT2D eigenvalue weighted by atomic mass is 16.8. The summed E-state index contributed by atoms with van der Waals surface area (Å²) in [6.07, 6.45) is 5.51. The smallest absolute Gasteiger partial charge is 0.309 e. The fraction of sp³-hybridized carbons (Fsp3) is 0.905. The molecule has 11 nitrogen and oxygen atoms in total. The van der Waals surface area contributed by atoms with Crippen LogP contribution in [0.25, 0.3) is 0 Å². The first-order valence-electron chi connectivity index (χ1n) is 20.7. The fourth-order valence-electron chi connectivity index (χ4n) is 10.5. The molecule has 0 aromatic heterocycles. The predicted molar refractivity (Wildman–Crippen MR) is 199 cm³/mol. The molecule has 5 rings (SSSR count). The van der Waals surface area contributed by atoms with Gasteiger partial charge in [0.15, 0.2) is 5.79 Å². The molecule has 0 amide bonds. The lowest BCUT2D eigenvalue weighted by atomic mass is 9.72. The Morgan fingerprint density at radius 3 is 2.17 bits per heavy atom. The number of carboxylic acids is 1. The third kappa shape index (κ3) is 7.94. The number of carbonyl (C=O) groups is 2. The van der Waals surface area contributed by atoms with Crippen molar-refractivity contribution in [2.45, 2.75) is 199 Å². The molecular weight excluding hydrogens is 680 g/mol. The van der Waals surface area contributed by atoms with E-state index in [0.717, 1.165) is 6.42 Å². The Morgan fingerprint density at radius 2 is 1.57 bits per heavy atom. The molecule has 5 aliphatic heterocycles. The number of ether oxygens (including phenoxy) is 5. The Kier molecular flexibility index (Phi) is 13.0. The van der Waals surface area contributed by atoms with Crippen LogP contribution < -0.4 is 0 Å². The number of carboxylic acid groups (broad SMARTS) is 1. The maximum absolute atomic E-state index is 14.4. The molecule has 0 aromatic carbocycles. The molecule has 0 radical (unpaired) electrons. The topological polar surface area (TPSA) is 161 Å². The molecule has 5 heterocycles. The molecule has 1 unspecified atom stereocenters. The SMILES string of the molecule is CCC(C(=O)O)[C@H]1CC[C@H](C)[C@H]([C@@H](C)[C@H](O)[C@H](C)C(=O)[C@H](CC)[C@H]2O[C@]3(C=C[C@@H](O)[C@]4(CC[C@@](C)([C@H]5CC[C@](O)(CC)[C@H](C)O5)O4)O3)[C@H](C)C[C@@H]2C)O1. The highest BCUT2D eigenvalue weighted by Gasteiger charge is 2.63. The second kappa shape index (κ2) is 16.2. The number of hydrogen-bond donors (Lipinski definition) is 4.